The van der Waals surface area contributed by atoms with Crippen molar-refractivity contribution in [2.24, 2.45) is 10.9 Å². The molecule has 1 amide bonds. The van der Waals surface area contributed by atoms with Gasteiger partial charge in [0.15, 0.2) is 0 Å². The third-order valence-electron chi connectivity index (χ3n) is 1.91. The van der Waals surface area contributed by atoms with E-state index in [0.29, 0.717) is 19.3 Å². The summed E-state index contributed by atoms with van der Waals surface area (Å²) < 4.78 is 0. The van der Waals surface area contributed by atoms with Gasteiger partial charge in [-0.25, -0.2) is 0 Å². The molecule has 0 fully saturated rings. The Balaban J connectivity index is 3.46. The van der Waals surface area contributed by atoms with E-state index in [0.717, 1.165) is 12.8 Å². The van der Waals surface area contributed by atoms with Crippen LogP contribution in [0.4, 0.5) is 0 Å². The SMILES string of the molecule is NC(=O)/C(CCCCCC[N+](=O)[O-])=N/O. The van der Waals surface area contributed by atoms with Crippen LogP contribution in [0.15, 0.2) is 5.16 Å². The predicted molar refractivity (Wildman–Crippen MR) is 53.4 cm³/mol. The number of nitrogens with zero attached hydrogens (tertiary/aromatic N) is 2. The van der Waals surface area contributed by atoms with E-state index in [9.17, 15) is 14.9 Å². The molecule has 0 saturated heterocycles. The topological polar surface area (TPSA) is 119 Å². The van der Waals surface area contributed by atoms with Gasteiger partial charge in [0.05, 0.1) is 0 Å². The molecule has 0 unspecified atom stereocenters. The maximum atomic E-state index is 10.6. The number of hydrogen-bond acceptors (Lipinski definition) is 5. The first kappa shape index (κ1) is 13.3. The van der Waals surface area contributed by atoms with Gasteiger partial charge in [-0.15, -0.1) is 0 Å². The van der Waals surface area contributed by atoms with Gasteiger partial charge >= 0.3 is 0 Å². The van der Waals surface area contributed by atoms with Gasteiger partial charge < -0.3 is 10.9 Å². The summed E-state index contributed by atoms with van der Waals surface area (Å²) in [4.78, 5) is 20.2. The molecule has 0 aliphatic carbocycles. The highest BCUT2D eigenvalue weighted by molar-refractivity contribution is 6.38. The zero-order valence-corrected chi connectivity index (χ0v) is 8.39. The van der Waals surface area contributed by atoms with Crippen LogP contribution in [0.3, 0.4) is 0 Å². The van der Waals surface area contributed by atoms with Crippen molar-refractivity contribution in [3.63, 3.8) is 0 Å². The van der Waals surface area contributed by atoms with Crippen molar-refractivity contribution in [1.29, 1.82) is 0 Å². The molecule has 86 valence electrons. The number of oxime groups is 1. The van der Waals surface area contributed by atoms with E-state index in [-0.39, 0.29) is 17.2 Å². The number of amides is 1. The summed E-state index contributed by atoms with van der Waals surface area (Å²) in [5, 5.41) is 21.1. The number of nitro groups is 1. The lowest BCUT2D eigenvalue weighted by Gasteiger charge is -1.99. The fraction of sp³-hybridized carbons (Fsp3) is 0.750. The summed E-state index contributed by atoms with van der Waals surface area (Å²) in [7, 11) is 0. The Bertz CT molecular complexity index is 252. The van der Waals surface area contributed by atoms with Crippen LogP contribution < -0.4 is 5.73 Å². The summed E-state index contributed by atoms with van der Waals surface area (Å²) in [5.74, 6) is -0.734. The Morgan fingerprint density at radius 1 is 1.33 bits per heavy atom. The smallest absolute Gasteiger partial charge is 0.266 e. The summed E-state index contributed by atoms with van der Waals surface area (Å²) in [6, 6.07) is 0. The van der Waals surface area contributed by atoms with Crippen molar-refractivity contribution < 1.29 is 14.9 Å². The minimum absolute atomic E-state index is 0.0310. The summed E-state index contributed by atoms with van der Waals surface area (Å²) >= 11 is 0. The standard InChI is InChI=1S/C8H15N3O4/c9-8(12)7(10-13)5-3-1-2-4-6-11(14)15/h13H,1-6H2,(H2,9,12)/b10-7+. The molecular weight excluding hydrogens is 202 g/mol. The van der Waals surface area contributed by atoms with E-state index in [1.165, 1.54) is 0 Å². The second-order valence-electron chi connectivity index (χ2n) is 3.13. The predicted octanol–water partition coefficient (Wildman–Crippen LogP) is 0.529. The lowest BCUT2D eigenvalue weighted by Crippen LogP contribution is -2.23. The van der Waals surface area contributed by atoms with Crippen LogP contribution in [0, 0.1) is 10.1 Å². The van der Waals surface area contributed by atoms with Gasteiger partial charge in [0.1, 0.15) is 5.71 Å². The second-order valence-corrected chi connectivity index (χ2v) is 3.13. The van der Waals surface area contributed by atoms with E-state index in [1.54, 1.807) is 0 Å². The lowest BCUT2D eigenvalue weighted by molar-refractivity contribution is -0.480. The minimum Gasteiger partial charge on any atom is -0.410 e. The third kappa shape index (κ3) is 7.41. The largest absolute Gasteiger partial charge is 0.410 e. The number of carbonyl (C=O) groups is 1. The molecular formula is C8H15N3O4. The lowest BCUT2D eigenvalue weighted by atomic mass is 10.1. The quantitative estimate of drug-likeness (QED) is 0.202. The average Bonchev–Trinajstić information content (AvgIpc) is 2.15. The molecule has 0 radical (unpaired) electrons. The molecule has 0 spiro atoms. The first-order valence-corrected chi connectivity index (χ1v) is 4.70. The van der Waals surface area contributed by atoms with Crippen molar-refractivity contribution >= 4 is 11.6 Å². The Morgan fingerprint density at radius 3 is 2.40 bits per heavy atom. The zero-order chi connectivity index (χ0) is 11.7. The molecule has 0 saturated carbocycles. The van der Waals surface area contributed by atoms with Crippen LogP contribution in [-0.4, -0.2) is 28.3 Å². The maximum Gasteiger partial charge on any atom is 0.266 e. The molecule has 15 heavy (non-hydrogen) atoms. The van der Waals surface area contributed by atoms with Crippen molar-refractivity contribution in [2.75, 3.05) is 6.54 Å². The van der Waals surface area contributed by atoms with Crippen molar-refractivity contribution in [3.8, 4) is 0 Å². The Labute approximate surface area is 87.1 Å². The van der Waals surface area contributed by atoms with Crippen LogP contribution in [0.2, 0.25) is 0 Å². The Hall–Kier alpha value is -1.66. The highest BCUT2D eigenvalue weighted by Crippen LogP contribution is 2.04. The highest BCUT2D eigenvalue weighted by atomic mass is 16.6. The summed E-state index contributed by atoms with van der Waals surface area (Å²) in [6.45, 7) is -0.0310. The first-order chi connectivity index (χ1) is 7.07. The van der Waals surface area contributed by atoms with Gasteiger partial charge in [0.2, 0.25) is 6.54 Å². The van der Waals surface area contributed by atoms with E-state index in [1.807, 2.05) is 0 Å². The molecule has 3 N–H and O–H groups in total. The number of hydrogen-bond donors (Lipinski definition) is 2. The Kier molecular flexibility index (Phi) is 6.86. The third-order valence-corrected chi connectivity index (χ3v) is 1.91. The molecule has 0 aromatic carbocycles. The monoisotopic (exact) mass is 217 g/mol. The number of unbranched alkanes of at least 4 members (excludes halogenated alkanes) is 3. The second kappa shape index (κ2) is 7.72. The average molecular weight is 217 g/mol. The number of nitrogens with two attached hydrogens (primary N) is 1. The van der Waals surface area contributed by atoms with E-state index >= 15 is 0 Å². The fourth-order valence-electron chi connectivity index (χ4n) is 1.11. The molecule has 7 nitrogen and oxygen atoms in total. The first-order valence-electron chi connectivity index (χ1n) is 4.70. The molecule has 0 heterocycles. The molecule has 0 aromatic heterocycles. The molecule has 0 atom stereocenters. The summed E-state index contributed by atoms with van der Waals surface area (Å²) in [6.07, 6.45) is 2.94. The van der Waals surface area contributed by atoms with Gasteiger partial charge in [-0.05, 0) is 19.3 Å². The molecule has 0 aliphatic rings. The van der Waals surface area contributed by atoms with Crippen molar-refractivity contribution in [3.05, 3.63) is 10.1 Å². The summed E-state index contributed by atoms with van der Waals surface area (Å²) in [5.41, 5.74) is 4.86. The van der Waals surface area contributed by atoms with Gasteiger partial charge in [0.25, 0.3) is 5.91 Å². The van der Waals surface area contributed by atoms with Gasteiger partial charge in [0, 0.05) is 11.3 Å². The maximum absolute atomic E-state index is 10.6. The molecule has 0 bridgehead atoms. The molecule has 0 aromatic rings. The molecule has 0 aliphatic heterocycles. The van der Waals surface area contributed by atoms with E-state index in [4.69, 9.17) is 10.9 Å². The van der Waals surface area contributed by atoms with Crippen LogP contribution in [-0.2, 0) is 4.79 Å². The van der Waals surface area contributed by atoms with Crippen LogP contribution in [0.5, 0.6) is 0 Å². The van der Waals surface area contributed by atoms with E-state index < -0.39 is 5.91 Å². The number of carbonyl (C=O) groups excluding carboxylic acids is 1. The van der Waals surface area contributed by atoms with Crippen molar-refractivity contribution in [2.45, 2.75) is 32.1 Å². The van der Waals surface area contributed by atoms with Crippen molar-refractivity contribution in [1.82, 2.24) is 0 Å². The highest BCUT2D eigenvalue weighted by Gasteiger charge is 2.06. The van der Waals surface area contributed by atoms with Crippen LogP contribution in [0.25, 0.3) is 0 Å². The van der Waals surface area contributed by atoms with Crippen LogP contribution in [0.1, 0.15) is 32.1 Å². The normalized spacial score (nSPS) is 11.3. The number of primary amides is 1. The Morgan fingerprint density at radius 2 is 1.93 bits per heavy atom. The zero-order valence-electron chi connectivity index (χ0n) is 8.39. The fourth-order valence-corrected chi connectivity index (χ4v) is 1.11. The number of rotatable bonds is 8. The minimum atomic E-state index is -0.734. The van der Waals surface area contributed by atoms with E-state index in [2.05, 4.69) is 5.16 Å². The van der Waals surface area contributed by atoms with Gasteiger partial charge in [-0.2, -0.15) is 0 Å². The van der Waals surface area contributed by atoms with Gasteiger partial charge in [-0.3, -0.25) is 14.9 Å². The molecule has 0 rings (SSSR count). The molecule has 7 heteroatoms. The van der Waals surface area contributed by atoms with Gasteiger partial charge in [-0.1, -0.05) is 11.6 Å². The van der Waals surface area contributed by atoms with Crippen LogP contribution >= 0.6 is 0 Å².